The van der Waals surface area contributed by atoms with Crippen molar-refractivity contribution in [1.29, 1.82) is 0 Å². The lowest BCUT2D eigenvalue weighted by Crippen LogP contribution is -2.24. The molecule has 0 aliphatic rings. The van der Waals surface area contributed by atoms with Gasteiger partial charge in [0.05, 0.1) is 6.21 Å². The Bertz CT molecular complexity index is 663. The van der Waals surface area contributed by atoms with Gasteiger partial charge in [-0.2, -0.15) is 5.10 Å². The van der Waals surface area contributed by atoms with E-state index < -0.39 is 6.03 Å². The minimum atomic E-state index is -0.676. The highest BCUT2D eigenvalue weighted by Gasteiger charge is 2.04. The van der Waals surface area contributed by atoms with Crippen LogP contribution in [-0.2, 0) is 0 Å². The molecule has 0 atom stereocenters. The molecule has 0 fully saturated rings. The smallest absolute Gasteiger partial charge is 0.332 e. The molecule has 0 heterocycles. The van der Waals surface area contributed by atoms with E-state index >= 15 is 0 Å². The Morgan fingerprint density at radius 3 is 2.60 bits per heavy atom. The van der Waals surface area contributed by atoms with Crippen molar-refractivity contribution >= 4 is 12.2 Å². The van der Waals surface area contributed by atoms with E-state index in [-0.39, 0.29) is 0 Å². The lowest BCUT2D eigenvalue weighted by molar-refractivity contribution is 0.249. The van der Waals surface area contributed by atoms with E-state index in [0.717, 1.165) is 16.7 Å². The van der Waals surface area contributed by atoms with Gasteiger partial charge in [0.25, 0.3) is 0 Å². The quantitative estimate of drug-likeness (QED) is 0.651. The van der Waals surface area contributed by atoms with Crippen LogP contribution in [0, 0.1) is 13.8 Å². The van der Waals surface area contributed by atoms with E-state index in [1.165, 1.54) is 11.1 Å². The van der Waals surface area contributed by atoms with Crippen molar-refractivity contribution in [2.24, 2.45) is 10.8 Å². The predicted octanol–water partition coefficient (Wildman–Crippen LogP) is 2.97. The molecule has 3 N–H and O–H groups in total. The maximum atomic E-state index is 10.6. The highest BCUT2D eigenvalue weighted by molar-refractivity contribution is 5.91. The molecule has 0 spiro atoms. The summed E-state index contributed by atoms with van der Waals surface area (Å²) in [5.41, 5.74) is 12.8. The number of nitrogens with one attached hydrogen (secondary N) is 1. The number of nitrogens with zero attached hydrogens (tertiary/aromatic N) is 1. The van der Waals surface area contributed by atoms with E-state index in [2.05, 4.69) is 42.6 Å². The minimum Gasteiger partial charge on any atom is -0.350 e. The molecule has 2 aromatic carbocycles. The SMILES string of the molecule is Cc1ccc(-c2ccccc2C=NNC(N)=O)cc1C. The molecule has 2 amide bonds. The fourth-order valence-electron chi connectivity index (χ4n) is 1.95. The molecule has 4 nitrogen and oxygen atoms in total. The van der Waals surface area contributed by atoms with Crippen LogP contribution in [0.5, 0.6) is 0 Å². The molecule has 102 valence electrons. The van der Waals surface area contributed by atoms with Crippen LogP contribution in [0.3, 0.4) is 0 Å². The first-order valence-corrected chi connectivity index (χ1v) is 6.33. The van der Waals surface area contributed by atoms with E-state index in [1.807, 2.05) is 24.3 Å². The highest BCUT2D eigenvalue weighted by Crippen LogP contribution is 2.24. The van der Waals surface area contributed by atoms with Gasteiger partial charge >= 0.3 is 6.03 Å². The number of aryl methyl sites for hydroxylation is 2. The molecular weight excluding hydrogens is 250 g/mol. The molecule has 0 radical (unpaired) electrons. The second-order valence-corrected chi connectivity index (χ2v) is 4.62. The second kappa shape index (κ2) is 6.02. The number of hydrogen-bond acceptors (Lipinski definition) is 2. The molecule has 0 saturated heterocycles. The molecule has 0 aromatic heterocycles. The number of carbonyl (C=O) groups excluding carboxylic acids is 1. The highest BCUT2D eigenvalue weighted by atomic mass is 16.2. The summed E-state index contributed by atoms with van der Waals surface area (Å²) in [5, 5.41) is 3.82. The molecule has 0 aliphatic heterocycles. The van der Waals surface area contributed by atoms with Crippen molar-refractivity contribution in [1.82, 2.24) is 5.43 Å². The maximum absolute atomic E-state index is 10.6. The molecule has 4 heteroatoms. The average Bonchev–Trinajstić information content (AvgIpc) is 2.42. The van der Waals surface area contributed by atoms with Gasteiger partial charge in [0.15, 0.2) is 0 Å². The van der Waals surface area contributed by atoms with Crippen LogP contribution in [0.25, 0.3) is 11.1 Å². The Hall–Kier alpha value is -2.62. The zero-order valence-electron chi connectivity index (χ0n) is 11.6. The van der Waals surface area contributed by atoms with Crippen LogP contribution in [0.1, 0.15) is 16.7 Å². The van der Waals surface area contributed by atoms with Crippen LogP contribution in [0.2, 0.25) is 0 Å². The van der Waals surface area contributed by atoms with E-state index in [4.69, 9.17) is 5.73 Å². The number of hydrogen-bond donors (Lipinski definition) is 2. The van der Waals surface area contributed by atoms with Gasteiger partial charge in [-0.15, -0.1) is 0 Å². The van der Waals surface area contributed by atoms with Crippen molar-refractivity contribution in [3.63, 3.8) is 0 Å². The van der Waals surface area contributed by atoms with Crippen molar-refractivity contribution in [2.45, 2.75) is 13.8 Å². The average molecular weight is 267 g/mol. The first-order chi connectivity index (χ1) is 9.58. The molecule has 0 unspecified atom stereocenters. The number of urea groups is 1. The van der Waals surface area contributed by atoms with Gasteiger partial charge < -0.3 is 5.73 Å². The van der Waals surface area contributed by atoms with E-state index in [9.17, 15) is 4.79 Å². The van der Waals surface area contributed by atoms with Crippen LogP contribution in [-0.4, -0.2) is 12.2 Å². The molecule has 0 bridgehead atoms. The molecule has 0 aliphatic carbocycles. The summed E-state index contributed by atoms with van der Waals surface area (Å²) in [7, 11) is 0. The van der Waals surface area contributed by atoms with E-state index in [0.29, 0.717) is 0 Å². The summed E-state index contributed by atoms with van der Waals surface area (Å²) in [6.45, 7) is 4.17. The van der Waals surface area contributed by atoms with Crippen molar-refractivity contribution in [3.05, 3.63) is 59.2 Å². The lowest BCUT2D eigenvalue weighted by atomic mass is 9.97. The second-order valence-electron chi connectivity index (χ2n) is 4.62. The van der Waals surface area contributed by atoms with Crippen LogP contribution < -0.4 is 11.2 Å². The first-order valence-electron chi connectivity index (χ1n) is 6.33. The third-order valence-electron chi connectivity index (χ3n) is 3.16. The van der Waals surface area contributed by atoms with E-state index in [1.54, 1.807) is 6.21 Å². The number of carbonyl (C=O) groups is 1. The molecule has 0 saturated carbocycles. The van der Waals surface area contributed by atoms with Gasteiger partial charge in [-0.3, -0.25) is 0 Å². The third kappa shape index (κ3) is 3.23. The largest absolute Gasteiger partial charge is 0.350 e. The fraction of sp³-hybridized carbons (Fsp3) is 0.125. The van der Waals surface area contributed by atoms with Crippen molar-refractivity contribution in [3.8, 4) is 11.1 Å². The fourth-order valence-corrected chi connectivity index (χ4v) is 1.95. The van der Waals surface area contributed by atoms with Crippen molar-refractivity contribution < 1.29 is 4.79 Å². The summed E-state index contributed by atoms with van der Waals surface area (Å²) in [6.07, 6.45) is 1.59. The summed E-state index contributed by atoms with van der Waals surface area (Å²) in [6, 6.07) is 13.5. The summed E-state index contributed by atoms with van der Waals surface area (Å²) in [5.74, 6) is 0. The number of primary amides is 1. The van der Waals surface area contributed by atoms with Crippen LogP contribution in [0.15, 0.2) is 47.6 Å². The molecular formula is C16H17N3O. The van der Waals surface area contributed by atoms with Crippen LogP contribution in [0.4, 0.5) is 4.79 Å². The van der Waals surface area contributed by atoms with Gasteiger partial charge in [0.1, 0.15) is 0 Å². The summed E-state index contributed by atoms with van der Waals surface area (Å²) >= 11 is 0. The Morgan fingerprint density at radius 1 is 1.15 bits per heavy atom. The number of amides is 2. The standard InChI is InChI=1S/C16H17N3O/c1-11-7-8-13(9-12(11)2)15-6-4-3-5-14(15)10-18-19-16(17)20/h3-10H,1-2H3,(H3,17,19,20). The zero-order valence-corrected chi connectivity index (χ0v) is 11.6. The number of benzene rings is 2. The normalized spacial score (nSPS) is 10.7. The maximum Gasteiger partial charge on any atom is 0.332 e. The summed E-state index contributed by atoms with van der Waals surface area (Å²) < 4.78 is 0. The lowest BCUT2D eigenvalue weighted by Gasteiger charge is -2.08. The Balaban J connectivity index is 2.38. The van der Waals surface area contributed by atoms with Gasteiger partial charge in [-0.05, 0) is 36.1 Å². The van der Waals surface area contributed by atoms with Gasteiger partial charge in [0, 0.05) is 5.56 Å². The molecule has 2 aromatic rings. The topological polar surface area (TPSA) is 67.5 Å². The monoisotopic (exact) mass is 267 g/mol. The Morgan fingerprint density at radius 2 is 1.90 bits per heavy atom. The number of hydrazone groups is 1. The predicted molar refractivity (Wildman–Crippen MR) is 81.7 cm³/mol. The van der Waals surface area contributed by atoms with Gasteiger partial charge in [-0.1, -0.05) is 42.5 Å². The molecule has 20 heavy (non-hydrogen) atoms. The first kappa shape index (κ1) is 13.8. The number of rotatable bonds is 3. The van der Waals surface area contributed by atoms with Crippen LogP contribution >= 0.6 is 0 Å². The van der Waals surface area contributed by atoms with Crippen molar-refractivity contribution in [2.75, 3.05) is 0 Å². The Kier molecular flexibility index (Phi) is 4.15. The van der Waals surface area contributed by atoms with Gasteiger partial charge in [-0.25, -0.2) is 10.2 Å². The third-order valence-corrected chi connectivity index (χ3v) is 3.16. The number of nitrogens with two attached hydrogens (primary N) is 1. The zero-order chi connectivity index (χ0) is 14.5. The molecule has 2 rings (SSSR count). The summed E-state index contributed by atoms with van der Waals surface area (Å²) in [4.78, 5) is 10.6. The Labute approximate surface area is 118 Å². The minimum absolute atomic E-state index is 0.676. The van der Waals surface area contributed by atoms with Gasteiger partial charge in [0.2, 0.25) is 0 Å².